The monoisotopic (exact) mass is 297 g/mol. The predicted molar refractivity (Wildman–Crippen MR) is 61.8 cm³/mol. The topological polar surface area (TPSA) is 77.2 Å². The molecule has 1 aromatic rings. The van der Waals surface area contributed by atoms with Crippen molar-refractivity contribution in [2.45, 2.75) is 6.18 Å². The number of carbonyl (C=O) groups excluding carboxylic acids is 1. The Morgan fingerprint density at radius 1 is 1.53 bits per heavy atom. The summed E-state index contributed by atoms with van der Waals surface area (Å²) in [5.74, 6) is -0.494. The van der Waals surface area contributed by atoms with Crippen LogP contribution in [0.1, 0.15) is 5.56 Å². The molecule has 1 aromatic heterocycles. The van der Waals surface area contributed by atoms with Gasteiger partial charge in [0.2, 0.25) is 11.8 Å². The largest absolute Gasteiger partial charge is 0.475 e. The van der Waals surface area contributed by atoms with Gasteiger partial charge >= 0.3 is 6.18 Å². The number of nitrogens with two attached hydrogens (primary N) is 1. The number of nitrogens with zero attached hydrogens (tertiary/aromatic N) is 1. The van der Waals surface area contributed by atoms with E-state index < -0.39 is 11.7 Å². The van der Waals surface area contributed by atoms with E-state index in [0.717, 1.165) is 6.07 Å². The third kappa shape index (κ3) is 4.92. The summed E-state index contributed by atoms with van der Waals surface area (Å²) in [6, 6.07) is 0.725. The molecular weight excluding hydrogens is 287 g/mol. The standard InChI is InChI=1S/C10H11ClF3N3O2/c11-7-3-6(10(12,13)14)5-17-9(7)19-2-1-16-8(18)4-15/h3,5H,1-2,4,15H2,(H,16,18). The average Bonchev–Trinajstić information content (AvgIpc) is 2.34. The summed E-state index contributed by atoms with van der Waals surface area (Å²) in [5.41, 5.74) is 4.10. The molecule has 0 spiro atoms. The van der Waals surface area contributed by atoms with Crippen LogP contribution >= 0.6 is 11.6 Å². The van der Waals surface area contributed by atoms with Crippen molar-refractivity contribution < 1.29 is 22.7 Å². The molecule has 106 valence electrons. The molecule has 0 bridgehead atoms. The van der Waals surface area contributed by atoms with Gasteiger partial charge in [0.05, 0.1) is 18.7 Å². The first-order valence-electron chi connectivity index (χ1n) is 5.17. The summed E-state index contributed by atoms with van der Waals surface area (Å²) in [6.45, 7) is 0.0121. The summed E-state index contributed by atoms with van der Waals surface area (Å²) in [7, 11) is 0. The Morgan fingerprint density at radius 3 is 2.74 bits per heavy atom. The lowest BCUT2D eigenvalue weighted by molar-refractivity contribution is -0.137. The van der Waals surface area contributed by atoms with Crippen molar-refractivity contribution in [3.63, 3.8) is 0 Å². The van der Waals surface area contributed by atoms with Crippen LogP contribution in [-0.2, 0) is 11.0 Å². The Balaban J connectivity index is 2.54. The Bertz CT molecular complexity index is 454. The Labute approximate surface area is 111 Å². The highest BCUT2D eigenvalue weighted by Crippen LogP contribution is 2.32. The molecule has 0 saturated heterocycles. The fourth-order valence-corrected chi connectivity index (χ4v) is 1.32. The molecule has 0 aliphatic carbocycles. The smallest absolute Gasteiger partial charge is 0.417 e. The van der Waals surface area contributed by atoms with Gasteiger partial charge in [-0.3, -0.25) is 4.79 Å². The average molecular weight is 298 g/mol. The van der Waals surface area contributed by atoms with Crippen molar-refractivity contribution in [3.05, 3.63) is 22.8 Å². The molecule has 0 aliphatic heterocycles. The zero-order chi connectivity index (χ0) is 14.5. The van der Waals surface area contributed by atoms with Crippen LogP contribution in [0.2, 0.25) is 5.02 Å². The molecule has 0 saturated carbocycles. The molecule has 3 N–H and O–H groups in total. The normalized spacial score (nSPS) is 11.2. The van der Waals surface area contributed by atoms with Gasteiger partial charge < -0.3 is 15.8 Å². The first-order chi connectivity index (χ1) is 8.84. The number of carbonyl (C=O) groups is 1. The van der Waals surface area contributed by atoms with Gasteiger partial charge in [-0.1, -0.05) is 11.6 Å². The minimum atomic E-state index is -4.51. The number of hydrogen-bond acceptors (Lipinski definition) is 4. The van der Waals surface area contributed by atoms with Gasteiger partial charge in [-0.25, -0.2) is 4.98 Å². The van der Waals surface area contributed by atoms with E-state index in [1.807, 2.05) is 0 Å². The van der Waals surface area contributed by atoms with E-state index in [4.69, 9.17) is 22.1 Å². The van der Waals surface area contributed by atoms with E-state index in [0.29, 0.717) is 6.20 Å². The van der Waals surface area contributed by atoms with Gasteiger partial charge in [-0.2, -0.15) is 13.2 Å². The first kappa shape index (κ1) is 15.5. The van der Waals surface area contributed by atoms with Crippen molar-refractivity contribution in [1.82, 2.24) is 10.3 Å². The maximum atomic E-state index is 12.3. The zero-order valence-electron chi connectivity index (χ0n) is 9.63. The molecule has 0 aromatic carbocycles. The van der Waals surface area contributed by atoms with E-state index in [1.165, 1.54) is 0 Å². The minimum absolute atomic E-state index is 0.0177. The molecule has 0 atom stereocenters. The molecule has 9 heteroatoms. The van der Waals surface area contributed by atoms with Crippen LogP contribution in [0.3, 0.4) is 0 Å². The van der Waals surface area contributed by atoms with Crippen LogP contribution in [0.4, 0.5) is 13.2 Å². The molecular formula is C10H11ClF3N3O2. The second-order valence-corrected chi connectivity index (χ2v) is 3.82. The van der Waals surface area contributed by atoms with Crippen molar-refractivity contribution in [2.75, 3.05) is 19.7 Å². The van der Waals surface area contributed by atoms with Gasteiger partial charge in [-0.05, 0) is 6.07 Å². The van der Waals surface area contributed by atoms with Gasteiger partial charge in [0, 0.05) is 6.20 Å². The number of pyridine rings is 1. The summed E-state index contributed by atoms with van der Waals surface area (Å²) in [5, 5.41) is 2.17. The number of nitrogens with one attached hydrogen (secondary N) is 1. The van der Waals surface area contributed by atoms with Crippen LogP contribution in [0.25, 0.3) is 0 Å². The highest BCUT2D eigenvalue weighted by molar-refractivity contribution is 6.31. The maximum absolute atomic E-state index is 12.3. The quantitative estimate of drug-likeness (QED) is 0.801. The van der Waals surface area contributed by atoms with Crippen LogP contribution < -0.4 is 15.8 Å². The summed E-state index contributed by atoms with van der Waals surface area (Å²) in [6.07, 6.45) is -3.88. The van der Waals surface area contributed by atoms with Gasteiger partial charge in [0.1, 0.15) is 11.6 Å². The van der Waals surface area contributed by atoms with Crippen molar-refractivity contribution in [2.24, 2.45) is 5.73 Å². The van der Waals surface area contributed by atoms with Crippen molar-refractivity contribution in [1.29, 1.82) is 0 Å². The third-order valence-corrected chi connectivity index (χ3v) is 2.25. The molecule has 1 rings (SSSR count). The van der Waals surface area contributed by atoms with Crippen molar-refractivity contribution in [3.8, 4) is 5.88 Å². The lowest BCUT2D eigenvalue weighted by atomic mass is 10.3. The van der Waals surface area contributed by atoms with E-state index >= 15 is 0 Å². The highest BCUT2D eigenvalue weighted by Gasteiger charge is 2.31. The summed E-state index contributed by atoms with van der Waals surface area (Å²) < 4.78 is 42.0. The Kier molecular flexibility index (Phi) is 5.37. The van der Waals surface area contributed by atoms with Gasteiger partial charge in [-0.15, -0.1) is 0 Å². The number of ether oxygens (including phenoxy) is 1. The van der Waals surface area contributed by atoms with Gasteiger partial charge in [0.25, 0.3) is 0 Å². The molecule has 19 heavy (non-hydrogen) atoms. The predicted octanol–water partition coefficient (Wildman–Crippen LogP) is 1.21. The Hall–Kier alpha value is -1.54. The van der Waals surface area contributed by atoms with Crippen molar-refractivity contribution >= 4 is 17.5 Å². The fourth-order valence-electron chi connectivity index (χ4n) is 1.10. The van der Waals surface area contributed by atoms with E-state index in [2.05, 4.69) is 10.3 Å². The van der Waals surface area contributed by atoms with Gasteiger partial charge in [0.15, 0.2) is 0 Å². The zero-order valence-corrected chi connectivity index (χ0v) is 10.4. The number of alkyl halides is 3. The SMILES string of the molecule is NCC(=O)NCCOc1ncc(C(F)(F)F)cc1Cl. The van der Waals surface area contributed by atoms with E-state index in [1.54, 1.807) is 0 Å². The second kappa shape index (κ2) is 6.58. The highest BCUT2D eigenvalue weighted by atomic mass is 35.5. The Morgan fingerprint density at radius 2 is 2.21 bits per heavy atom. The molecule has 0 radical (unpaired) electrons. The van der Waals surface area contributed by atoms with Crippen LogP contribution in [0.15, 0.2) is 12.3 Å². The molecule has 0 unspecified atom stereocenters. The first-order valence-corrected chi connectivity index (χ1v) is 5.54. The van der Waals surface area contributed by atoms with Crippen LogP contribution in [-0.4, -0.2) is 30.6 Å². The molecule has 0 fully saturated rings. The van der Waals surface area contributed by atoms with Crippen LogP contribution in [0, 0.1) is 0 Å². The summed E-state index contributed by atoms with van der Waals surface area (Å²) in [4.78, 5) is 14.3. The van der Waals surface area contributed by atoms with E-state index in [-0.39, 0.29) is 36.5 Å². The molecule has 1 heterocycles. The van der Waals surface area contributed by atoms with Crippen LogP contribution in [0.5, 0.6) is 5.88 Å². The fraction of sp³-hybridized carbons (Fsp3) is 0.400. The minimum Gasteiger partial charge on any atom is -0.475 e. The number of hydrogen-bond donors (Lipinski definition) is 2. The maximum Gasteiger partial charge on any atom is 0.417 e. The second-order valence-electron chi connectivity index (χ2n) is 3.41. The molecule has 0 aliphatic rings. The number of aromatic nitrogens is 1. The third-order valence-electron chi connectivity index (χ3n) is 1.98. The molecule has 5 nitrogen and oxygen atoms in total. The number of rotatable bonds is 5. The number of amides is 1. The lowest BCUT2D eigenvalue weighted by Gasteiger charge is -2.10. The summed E-state index contributed by atoms with van der Waals surface area (Å²) >= 11 is 5.61. The molecule has 1 amide bonds. The van der Waals surface area contributed by atoms with E-state index in [9.17, 15) is 18.0 Å². The number of halogens is 4. The lowest BCUT2D eigenvalue weighted by Crippen LogP contribution is -2.33.